The standard InChI is InChI=1S/C48H30O2/c1-2-9-29(10-3-1)32-17-20-37-38-21-18-33(27-43(38)36-14-5-4-13-35(36)42(37)26-32)30-11-8-12-31(25-30)34-19-24-46-44(28-34)41-23-22-40-39-15-6-7-16-45(39)49-47(40)48(41)50-46/h1-6,8-15,17-28H,7,16H2. The van der Waals surface area contributed by atoms with Crippen molar-refractivity contribution in [2.24, 2.45) is 0 Å². The molecule has 0 saturated carbocycles. The van der Waals surface area contributed by atoms with E-state index >= 15 is 0 Å². The second-order valence-electron chi connectivity index (χ2n) is 13.5. The van der Waals surface area contributed by atoms with Crippen molar-refractivity contribution in [2.45, 2.75) is 12.8 Å². The van der Waals surface area contributed by atoms with E-state index in [9.17, 15) is 0 Å². The Morgan fingerprint density at radius 1 is 0.360 bits per heavy atom. The van der Waals surface area contributed by atoms with Crippen LogP contribution in [0.4, 0.5) is 0 Å². The van der Waals surface area contributed by atoms with Gasteiger partial charge in [-0.25, -0.2) is 0 Å². The fourth-order valence-corrected chi connectivity index (χ4v) is 8.25. The smallest absolute Gasteiger partial charge is 0.178 e. The SMILES string of the molecule is C1=Cc2c(oc3c2ccc2c4cc(-c5cccc(-c6ccc7c8ccc(-c9ccccc9)cc8c8ccccc8c7c6)c5)ccc4oc23)CC1. The molecule has 0 N–H and O–H groups in total. The zero-order chi connectivity index (χ0) is 32.8. The molecule has 8 aromatic carbocycles. The Balaban J connectivity index is 1.03. The molecule has 0 saturated heterocycles. The Labute approximate surface area is 288 Å². The van der Waals surface area contributed by atoms with Crippen LogP contribution in [0.15, 0.2) is 161 Å². The summed E-state index contributed by atoms with van der Waals surface area (Å²) in [5.74, 6) is 1.06. The van der Waals surface area contributed by atoms with Gasteiger partial charge in [0.05, 0.1) is 0 Å². The molecule has 2 nitrogen and oxygen atoms in total. The second-order valence-corrected chi connectivity index (χ2v) is 13.5. The molecule has 1 aliphatic rings. The lowest BCUT2D eigenvalue weighted by molar-refractivity contribution is 0.541. The lowest BCUT2D eigenvalue weighted by Gasteiger charge is -2.14. The van der Waals surface area contributed by atoms with Crippen LogP contribution >= 0.6 is 0 Å². The van der Waals surface area contributed by atoms with E-state index in [1.165, 1.54) is 65.7 Å². The van der Waals surface area contributed by atoms with E-state index in [1.54, 1.807) is 0 Å². The van der Waals surface area contributed by atoms with E-state index in [4.69, 9.17) is 8.83 Å². The van der Waals surface area contributed by atoms with Crippen LogP contribution in [-0.2, 0) is 6.42 Å². The zero-order valence-corrected chi connectivity index (χ0v) is 27.2. The maximum atomic E-state index is 6.45. The lowest BCUT2D eigenvalue weighted by atomic mass is 9.90. The number of hydrogen-bond donors (Lipinski definition) is 0. The fraction of sp³-hybridized carbons (Fsp3) is 0.0417. The molecule has 0 bridgehead atoms. The molecule has 10 aromatic rings. The fourth-order valence-electron chi connectivity index (χ4n) is 8.25. The van der Waals surface area contributed by atoms with Gasteiger partial charge in [0, 0.05) is 28.1 Å². The summed E-state index contributed by atoms with van der Waals surface area (Å²) in [6.07, 6.45) is 6.36. The molecule has 11 rings (SSSR count). The van der Waals surface area contributed by atoms with Gasteiger partial charge in [0.2, 0.25) is 0 Å². The van der Waals surface area contributed by atoms with E-state index in [1.807, 2.05) is 0 Å². The van der Waals surface area contributed by atoms with Crippen molar-refractivity contribution >= 4 is 71.3 Å². The van der Waals surface area contributed by atoms with Crippen molar-refractivity contribution in [3.8, 4) is 33.4 Å². The number of benzene rings is 8. The van der Waals surface area contributed by atoms with Crippen molar-refractivity contribution in [3.63, 3.8) is 0 Å². The molecular formula is C48H30O2. The molecule has 0 amide bonds. The van der Waals surface area contributed by atoms with Crippen LogP contribution in [0.5, 0.6) is 0 Å². The predicted molar refractivity (Wildman–Crippen MR) is 210 cm³/mol. The Hall–Kier alpha value is -6.38. The molecule has 2 heteroatoms. The quantitative estimate of drug-likeness (QED) is 0.180. The molecule has 50 heavy (non-hydrogen) atoms. The molecule has 0 fully saturated rings. The number of rotatable bonds is 3. The van der Waals surface area contributed by atoms with Crippen molar-refractivity contribution < 1.29 is 8.83 Å². The third-order valence-electron chi connectivity index (χ3n) is 10.7. The van der Waals surface area contributed by atoms with E-state index in [2.05, 4.69) is 158 Å². The highest BCUT2D eigenvalue weighted by molar-refractivity contribution is 6.26. The van der Waals surface area contributed by atoms with Gasteiger partial charge >= 0.3 is 0 Å². The average Bonchev–Trinajstić information content (AvgIpc) is 3.76. The summed E-state index contributed by atoms with van der Waals surface area (Å²) in [6, 6.07) is 53.1. The predicted octanol–water partition coefficient (Wildman–Crippen LogP) is 13.8. The van der Waals surface area contributed by atoms with Crippen LogP contribution < -0.4 is 0 Å². The van der Waals surface area contributed by atoms with Gasteiger partial charge in [-0.3, -0.25) is 0 Å². The number of aryl methyl sites for hydroxylation is 1. The first-order valence-corrected chi connectivity index (χ1v) is 17.4. The average molecular weight is 639 g/mol. The highest BCUT2D eigenvalue weighted by Crippen LogP contribution is 2.42. The number of furan rings is 2. The van der Waals surface area contributed by atoms with Gasteiger partial charge in [-0.15, -0.1) is 0 Å². The summed E-state index contributed by atoms with van der Waals surface area (Å²) < 4.78 is 12.8. The minimum absolute atomic E-state index is 0.832. The summed E-state index contributed by atoms with van der Waals surface area (Å²) in [7, 11) is 0. The van der Waals surface area contributed by atoms with Gasteiger partial charge < -0.3 is 8.83 Å². The second kappa shape index (κ2) is 10.6. The summed E-state index contributed by atoms with van der Waals surface area (Å²) in [4.78, 5) is 0. The minimum Gasteiger partial charge on any atom is -0.456 e. The maximum Gasteiger partial charge on any atom is 0.178 e. The van der Waals surface area contributed by atoms with Crippen molar-refractivity contribution in [2.75, 3.05) is 0 Å². The molecule has 2 aromatic heterocycles. The molecule has 0 unspecified atom stereocenters. The largest absolute Gasteiger partial charge is 0.456 e. The topological polar surface area (TPSA) is 26.3 Å². The van der Waals surface area contributed by atoms with E-state index in [0.717, 1.165) is 57.1 Å². The minimum atomic E-state index is 0.832. The number of allylic oxidation sites excluding steroid dienone is 1. The van der Waals surface area contributed by atoms with Crippen molar-refractivity contribution in [3.05, 3.63) is 163 Å². The summed E-state index contributed by atoms with van der Waals surface area (Å²) in [6.45, 7) is 0. The highest BCUT2D eigenvalue weighted by atomic mass is 16.4. The monoisotopic (exact) mass is 638 g/mol. The summed E-state index contributed by atoms with van der Waals surface area (Å²) in [5, 5.41) is 11.0. The van der Waals surface area contributed by atoms with E-state index in [0.29, 0.717) is 0 Å². The van der Waals surface area contributed by atoms with Crippen LogP contribution in [-0.4, -0.2) is 0 Å². The third kappa shape index (κ3) is 4.09. The highest BCUT2D eigenvalue weighted by Gasteiger charge is 2.20. The lowest BCUT2D eigenvalue weighted by Crippen LogP contribution is -1.87. The van der Waals surface area contributed by atoms with Gasteiger partial charge in [0.25, 0.3) is 0 Å². The summed E-state index contributed by atoms with van der Waals surface area (Å²) >= 11 is 0. The van der Waals surface area contributed by atoms with Crippen LogP contribution in [0, 0.1) is 0 Å². The first kappa shape index (κ1) is 27.6. The first-order valence-electron chi connectivity index (χ1n) is 17.4. The van der Waals surface area contributed by atoms with Crippen LogP contribution in [0.2, 0.25) is 0 Å². The zero-order valence-electron chi connectivity index (χ0n) is 27.2. The molecule has 0 aliphatic heterocycles. The van der Waals surface area contributed by atoms with Crippen molar-refractivity contribution in [1.82, 2.24) is 0 Å². The Kier molecular flexibility index (Phi) is 5.82. The van der Waals surface area contributed by atoms with Gasteiger partial charge in [-0.05, 0) is 115 Å². The van der Waals surface area contributed by atoms with Gasteiger partial charge in [0.15, 0.2) is 11.2 Å². The normalized spacial score (nSPS) is 13.0. The Morgan fingerprint density at radius 3 is 1.64 bits per heavy atom. The van der Waals surface area contributed by atoms with Crippen molar-refractivity contribution in [1.29, 1.82) is 0 Å². The first-order chi connectivity index (χ1) is 24.8. The van der Waals surface area contributed by atoms with E-state index in [-0.39, 0.29) is 0 Å². The van der Waals surface area contributed by atoms with E-state index < -0.39 is 0 Å². The number of hydrogen-bond acceptors (Lipinski definition) is 2. The molecule has 1 aliphatic carbocycles. The molecule has 0 atom stereocenters. The molecule has 0 spiro atoms. The molecule has 0 radical (unpaired) electrons. The number of fused-ring (bicyclic) bond motifs is 13. The van der Waals surface area contributed by atoms with Crippen LogP contribution in [0.1, 0.15) is 17.7 Å². The summed E-state index contributed by atoms with van der Waals surface area (Å²) in [5.41, 5.74) is 11.0. The van der Waals surface area contributed by atoms with Crippen LogP contribution in [0.3, 0.4) is 0 Å². The molecular weight excluding hydrogens is 609 g/mol. The van der Waals surface area contributed by atoms with Gasteiger partial charge in [-0.2, -0.15) is 0 Å². The third-order valence-corrected chi connectivity index (χ3v) is 10.7. The maximum absolute atomic E-state index is 6.45. The Morgan fingerprint density at radius 2 is 0.900 bits per heavy atom. The van der Waals surface area contributed by atoms with Gasteiger partial charge in [-0.1, -0.05) is 115 Å². The van der Waals surface area contributed by atoms with Crippen LogP contribution in [0.25, 0.3) is 105 Å². The molecule has 2 heterocycles. The Bertz CT molecular complexity index is 3010. The van der Waals surface area contributed by atoms with Gasteiger partial charge in [0.1, 0.15) is 11.3 Å². The molecule has 234 valence electrons.